The summed E-state index contributed by atoms with van der Waals surface area (Å²) in [6, 6.07) is 6.19. The van der Waals surface area contributed by atoms with Gasteiger partial charge >= 0.3 is 0 Å². The second kappa shape index (κ2) is 6.69. The van der Waals surface area contributed by atoms with Gasteiger partial charge in [0.05, 0.1) is 6.10 Å². The molecule has 17 heavy (non-hydrogen) atoms. The van der Waals surface area contributed by atoms with Crippen LogP contribution in [0.3, 0.4) is 0 Å². The first-order valence-corrected chi connectivity index (χ1v) is 5.86. The molecule has 0 aliphatic rings. The van der Waals surface area contributed by atoms with Crippen molar-refractivity contribution >= 4 is 0 Å². The Morgan fingerprint density at radius 2 is 1.94 bits per heavy atom. The summed E-state index contributed by atoms with van der Waals surface area (Å²) in [5.41, 5.74) is 6.95. The predicted octanol–water partition coefficient (Wildman–Crippen LogP) is 1.53. The number of rotatable bonds is 6. The fourth-order valence-electron chi connectivity index (χ4n) is 1.78. The van der Waals surface area contributed by atoms with Crippen LogP contribution in [0.25, 0.3) is 0 Å². The van der Waals surface area contributed by atoms with Gasteiger partial charge in [-0.25, -0.2) is 4.39 Å². The van der Waals surface area contributed by atoms with E-state index in [9.17, 15) is 9.50 Å². The summed E-state index contributed by atoms with van der Waals surface area (Å²) >= 11 is 0. The fourth-order valence-corrected chi connectivity index (χ4v) is 1.78. The molecule has 0 bridgehead atoms. The second-order valence-electron chi connectivity index (χ2n) is 4.56. The van der Waals surface area contributed by atoms with E-state index in [-0.39, 0.29) is 18.0 Å². The van der Waals surface area contributed by atoms with Crippen LogP contribution >= 0.6 is 0 Å². The Morgan fingerprint density at radius 1 is 1.35 bits per heavy atom. The number of hydrogen-bond donors (Lipinski definition) is 2. The predicted molar refractivity (Wildman–Crippen MR) is 67.1 cm³/mol. The van der Waals surface area contributed by atoms with Gasteiger partial charge < -0.3 is 15.7 Å². The molecule has 1 aromatic carbocycles. The van der Waals surface area contributed by atoms with Crippen LogP contribution in [0.1, 0.15) is 24.9 Å². The zero-order valence-corrected chi connectivity index (χ0v) is 10.4. The minimum atomic E-state index is -0.331. The maximum absolute atomic E-state index is 12.7. The average Bonchev–Trinajstić information content (AvgIpc) is 2.26. The molecule has 3 nitrogen and oxygen atoms in total. The third kappa shape index (κ3) is 5.26. The third-order valence-electron chi connectivity index (χ3n) is 2.70. The number of nitrogens with two attached hydrogens (primary N) is 1. The molecule has 0 aliphatic heterocycles. The first kappa shape index (κ1) is 14.1. The lowest BCUT2D eigenvalue weighted by Gasteiger charge is -2.20. The first-order valence-electron chi connectivity index (χ1n) is 5.86. The van der Waals surface area contributed by atoms with Crippen LogP contribution in [0, 0.1) is 5.82 Å². The van der Waals surface area contributed by atoms with Crippen LogP contribution in [-0.2, 0) is 0 Å². The lowest BCUT2D eigenvalue weighted by Crippen LogP contribution is -2.30. The number of benzene rings is 1. The van der Waals surface area contributed by atoms with Gasteiger partial charge in [-0.2, -0.15) is 0 Å². The maximum atomic E-state index is 12.7. The molecule has 2 atom stereocenters. The van der Waals surface area contributed by atoms with E-state index in [0.29, 0.717) is 6.54 Å². The summed E-state index contributed by atoms with van der Waals surface area (Å²) in [6.45, 7) is 3.20. The molecule has 2 unspecified atom stereocenters. The van der Waals surface area contributed by atoms with E-state index in [4.69, 9.17) is 5.73 Å². The van der Waals surface area contributed by atoms with Gasteiger partial charge in [-0.3, -0.25) is 0 Å². The molecule has 1 rings (SSSR count). The molecule has 0 heterocycles. The minimum absolute atomic E-state index is 0.0907. The van der Waals surface area contributed by atoms with Crippen LogP contribution in [0.2, 0.25) is 0 Å². The lowest BCUT2D eigenvalue weighted by molar-refractivity contribution is 0.139. The molecule has 0 aliphatic carbocycles. The lowest BCUT2D eigenvalue weighted by atomic mass is 10.0. The number of hydrogen-bond acceptors (Lipinski definition) is 3. The summed E-state index contributed by atoms with van der Waals surface area (Å²) in [7, 11) is 1.95. The van der Waals surface area contributed by atoms with E-state index < -0.39 is 0 Å². The zero-order valence-electron chi connectivity index (χ0n) is 10.4. The molecule has 0 saturated carbocycles. The minimum Gasteiger partial charge on any atom is -0.392 e. The van der Waals surface area contributed by atoms with Crippen molar-refractivity contribution in [2.75, 3.05) is 20.1 Å². The number of halogens is 1. The van der Waals surface area contributed by atoms with Gasteiger partial charge in [0.1, 0.15) is 5.82 Å². The Labute approximate surface area is 102 Å². The number of aliphatic hydroxyl groups is 1. The van der Waals surface area contributed by atoms with Crippen molar-refractivity contribution in [1.82, 2.24) is 4.90 Å². The molecule has 96 valence electrons. The zero-order chi connectivity index (χ0) is 12.8. The highest BCUT2D eigenvalue weighted by atomic mass is 19.1. The summed E-state index contributed by atoms with van der Waals surface area (Å²) in [4.78, 5) is 2.04. The Hall–Kier alpha value is -0.970. The molecule has 0 fully saturated rings. The highest BCUT2D eigenvalue weighted by Gasteiger charge is 2.08. The molecular weight excluding hydrogens is 219 g/mol. The summed E-state index contributed by atoms with van der Waals surface area (Å²) < 4.78 is 12.7. The van der Waals surface area contributed by atoms with Gasteiger partial charge in [0.2, 0.25) is 0 Å². The highest BCUT2D eigenvalue weighted by molar-refractivity contribution is 5.19. The highest BCUT2D eigenvalue weighted by Crippen LogP contribution is 2.14. The van der Waals surface area contributed by atoms with E-state index in [1.54, 1.807) is 19.1 Å². The summed E-state index contributed by atoms with van der Waals surface area (Å²) in [6.07, 6.45) is 0.455. The number of aliphatic hydroxyl groups excluding tert-OH is 1. The Balaban J connectivity index is 2.39. The van der Waals surface area contributed by atoms with Gasteiger partial charge in [0.15, 0.2) is 0 Å². The quantitative estimate of drug-likeness (QED) is 0.792. The standard InChI is InChI=1S/C13H21FN2O/c1-10(17)9-16(2)8-7-13(15)11-3-5-12(14)6-4-11/h3-6,10,13,17H,7-9,15H2,1-2H3. The van der Waals surface area contributed by atoms with Crippen molar-refractivity contribution in [3.63, 3.8) is 0 Å². The van der Waals surface area contributed by atoms with Gasteiger partial charge in [-0.05, 0) is 44.6 Å². The molecule has 0 amide bonds. The van der Waals surface area contributed by atoms with E-state index >= 15 is 0 Å². The third-order valence-corrected chi connectivity index (χ3v) is 2.70. The Morgan fingerprint density at radius 3 is 2.47 bits per heavy atom. The normalized spacial score (nSPS) is 14.9. The fraction of sp³-hybridized carbons (Fsp3) is 0.538. The summed E-state index contributed by atoms with van der Waals surface area (Å²) in [5.74, 6) is -0.243. The van der Waals surface area contributed by atoms with Crippen molar-refractivity contribution in [1.29, 1.82) is 0 Å². The van der Waals surface area contributed by atoms with Gasteiger partial charge in [0.25, 0.3) is 0 Å². The van der Waals surface area contributed by atoms with Crippen molar-refractivity contribution < 1.29 is 9.50 Å². The van der Waals surface area contributed by atoms with Gasteiger partial charge in [-0.15, -0.1) is 0 Å². The molecule has 0 aromatic heterocycles. The summed E-state index contributed by atoms with van der Waals surface area (Å²) in [5, 5.41) is 9.22. The topological polar surface area (TPSA) is 49.5 Å². The van der Waals surface area contributed by atoms with Crippen LogP contribution in [0.4, 0.5) is 4.39 Å². The number of likely N-dealkylation sites (N-methyl/N-ethyl adjacent to an activating group) is 1. The van der Waals surface area contributed by atoms with E-state index in [1.165, 1.54) is 12.1 Å². The van der Waals surface area contributed by atoms with Crippen molar-refractivity contribution in [2.24, 2.45) is 5.73 Å². The Bertz CT molecular complexity index is 327. The van der Waals surface area contributed by atoms with Crippen LogP contribution in [-0.4, -0.2) is 36.2 Å². The van der Waals surface area contributed by atoms with Gasteiger partial charge in [-0.1, -0.05) is 12.1 Å². The largest absolute Gasteiger partial charge is 0.392 e. The monoisotopic (exact) mass is 240 g/mol. The van der Waals surface area contributed by atoms with Crippen molar-refractivity contribution in [3.05, 3.63) is 35.6 Å². The number of nitrogens with zero attached hydrogens (tertiary/aromatic N) is 1. The molecular formula is C13H21FN2O. The van der Waals surface area contributed by atoms with E-state index in [2.05, 4.69) is 0 Å². The average molecular weight is 240 g/mol. The van der Waals surface area contributed by atoms with Crippen molar-refractivity contribution in [3.8, 4) is 0 Å². The van der Waals surface area contributed by atoms with Gasteiger partial charge in [0, 0.05) is 12.6 Å². The molecule has 3 N–H and O–H groups in total. The van der Waals surface area contributed by atoms with Crippen LogP contribution in [0.15, 0.2) is 24.3 Å². The van der Waals surface area contributed by atoms with Crippen LogP contribution in [0.5, 0.6) is 0 Å². The SMILES string of the molecule is CC(O)CN(C)CCC(N)c1ccc(F)cc1. The van der Waals surface area contributed by atoms with Crippen molar-refractivity contribution in [2.45, 2.75) is 25.5 Å². The molecule has 0 radical (unpaired) electrons. The molecule has 1 aromatic rings. The van der Waals surface area contributed by atoms with E-state index in [0.717, 1.165) is 18.5 Å². The molecule has 0 saturated heterocycles. The first-order chi connectivity index (χ1) is 7.99. The van der Waals surface area contributed by atoms with E-state index in [1.807, 2.05) is 11.9 Å². The maximum Gasteiger partial charge on any atom is 0.123 e. The molecule has 0 spiro atoms. The smallest absolute Gasteiger partial charge is 0.123 e. The second-order valence-corrected chi connectivity index (χ2v) is 4.56. The molecule has 4 heteroatoms. The van der Waals surface area contributed by atoms with Crippen LogP contribution < -0.4 is 5.73 Å². The Kier molecular flexibility index (Phi) is 5.55.